The van der Waals surface area contributed by atoms with Gasteiger partial charge in [0.2, 0.25) is 0 Å². The smallest absolute Gasteiger partial charge is 0.123 e. The molecule has 2 heteroatoms. The zero-order valence-electron chi connectivity index (χ0n) is 13.6. The molecule has 21 heavy (non-hydrogen) atoms. The van der Waals surface area contributed by atoms with Gasteiger partial charge in [-0.15, -0.1) is 0 Å². The molecule has 1 aliphatic rings. The lowest BCUT2D eigenvalue weighted by molar-refractivity contribution is 0.300. The van der Waals surface area contributed by atoms with Crippen molar-refractivity contribution in [2.24, 2.45) is 0 Å². The highest BCUT2D eigenvalue weighted by Crippen LogP contribution is 2.21. The summed E-state index contributed by atoms with van der Waals surface area (Å²) in [6.07, 6.45) is 11.9. The van der Waals surface area contributed by atoms with Crippen LogP contribution in [0.15, 0.2) is 24.3 Å². The SMILES string of the molecule is CCCCCCCOc1ccccc1CNC1CCCC1. The lowest BCUT2D eigenvalue weighted by Gasteiger charge is -2.15. The molecule has 0 aromatic heterocycles. The van der Waals surface area contributed by atoms with Crippen LogP contribution >= 0.6 is 0 Å². The van der Waals surface area contributed by atoms with Crippen LogP contribution in [0.3, 0.4) is 0 Å². The second-order valence-corrected chi connectivity index (χ2v) is 6.23. The van der Waals surface area contributed by atoms with Crippen LogP contribution in [0, 0.1) is 0 Å². The fraction of sp³-hybridized carbons (Fsp3) is 0.684. The zero-order valence-corrected chi connectivity index (χ0v) is 13.6. The Hall–Kier alpha value is -1.02. The Kier molecular flexibility index (Phi) is 7.66. The minimum atomic E-state index is 0.715. The Morgan fingerprint density at radius 1 is 1.05 bits per heavy atom. The molecular formula is C19H31NO. The Morgan fingerprint density at radius 2 is 1.81 bits per heavy atom. The Labute approximate surface area is 130 Å². The summed E-state index contributed by atoms with van der Waals surface area (Å²) >= 11 is 0. The van der Waals surface area contributed by atoms with E-state index >= 15 is 0 Å². The van der Waals surface area contributed by atoms with Gasteiger partial charge in [-0.3, -0.25) is 0 Å². The topological polar surface area (TPSA) is 21.3 Å². The summed E-state index contributed by atoms with van der Waals surface area (Å²) in [4.78, 5) is 0. The number of para-hydroxylation sites is 1. The van der Waals surface area contributed by atoms with Crippen molar-refractivity contribution >= 4 is 0 Å². The van der Waals surface area contributed by atoms with E-state index in [0.717, 1.165) is 18.9 Å². The molecule has 1 aromatic carbocycles. The molecule has 1 N–H and O–H groups in total. The molecule has 1 aromatic rings. The number of nitrogens with one attached hydrogen (secondary N) is 1. The second kappa shape index (κ2) is 9.83. The number of rotatable bonds is 10. The molecule has 118 valence electrons. The third-order valence-corrected chi connectivity index (χ3v) is 4.41. The summed E-state index contributed by atoms with van der Waals surface area (Å²) in [5.74, 6) is 1.07. The van der Waals surface area contributed by atoms with Crippen molar-refractivity contribution in [1.82, 2.24) is 5.32 Å². The van der Waals surface area contributed by atoms with Crippen LogP contribution < -0.4 is 10.1 Å². The molecule has 0 radical (unpaired) electrons. The van der Waals surface area contributed by atoms with Gasteiger partial charge in [0.1, 0.15) is 5.75 Å². The molecule has 0 amide bonds. The lowest BCUT2D eigenvalue weighted by Crippen LogP contribution is -2.25. The minimum absolute atomic E-state index is 0.715. The van der Waals surface area contributed by atoms with Gasteiger partial charge in [0, 0.05) is 18.2 Å². The van der Waals surface area contributed by atoms with Crippen LogP contribution in [0.4, 0.5) is 0 Å². The summed E-state index contributed by atoms with van der Waals surface area (Å²) in [5.41, 5.74) is 1.30. The highest BCUT2D eigenvalue weighted by Gasteiger charge is 2.14. The molecular weight excluding hydrogens is 258 g/mol. The predicted octanol–water partition coefficient (Wildman–Crippen LogP) is 5.07. The van der Waals surface area contributed by atoms with E-state index in [4.69, 9.17) is 4.74 Å². The first-order valence-corrected chi connectivity index (χ1v) is 8.84. The molecule has 2 rings (SSSR count). The van der Waals surface area contributed by atoms with Crippen LogP contribution in [-0.4, -0.2) is 12.6 Å². The normalized spacial score (nSPS) is 15.5. The lowest BCUT2D eigenvalue weighted by atomic mass is 10.1. The van der Waals surface area contributed by atoms with Crippen molar-refractivity contribution < 1.29 is 4.74 Å². The van der Waals surface area contributed by atoms with E-state index in [1.165, 1.54) is 63.4 Å². The molecule has 1 saturated carbocycles. The summed E-state index contributed by atoms with van der Waals surface area (Å²) in [6, 6.07) is 9.20. The maximum atomic E-state index is 5.99. The van der Waals surface area contributed by atoms with Crippen LogP contribution in [0.25, 0.3) is 0 Å². The third-order valence-electron chi connectivity index (χ3n) is 4.41. The van der Waals surface area contributed by atoms with E-state index in [1.807, 2.05) is 0 Å². The minimum Gasteiger partial charge on any atom is -0.493 e. The average molecular weight is 289 g/mol. The molecule has 0 heterocycles. The monoisotopic (exact) mass is 289 g/mol. The zero-order chi connectivity index (χ0) is 14.8. The van der Waals surface area contributed by atoms with Gasteiger partial charge >= 0.3 is 0 Å². The largest absolute Gasteiger partial charge is 0.493 e. The number of unbranched alkanes of at least 4 members (excludes halogenated alkanes) is 4. The molecule has 0 atom stereocenters. The first-order valence-electron chi connectivity index (χ1n) is 8.84. The highest BCUT2D eigenvalue weighted by atomic mass is 16.5. The van der Waals surface area contributed by atoms with Crippen molar-refractivity contribution in [3.05, 3.63) is 29.8 Å². The van der Waals surface area contributed by atoms with Crippen LogP contribution in [-0.2, 0) is 6.54 Å². The molecule has 2 nitrogen and oxygen atoms in total. The van der Waals surface area contributed by atoms with Gasteiger partial charge in [-0.2, -0.15) is 0 Å². The third kappa shape index (κ3) is 6.09. The fourth-order valence-electron chi connectivity index (χ4n) is 3.06. The van der Waals surface area contributed by atoms with E-state index in [2.05, 4.69) is 36.5 Å². The number of hydrogen-bond donors (Lipinski definition) is 1. The second-order valence-electron chi connectivity index (χ2n) is 6.23. The van der Waals surface area contributed by atoms with E-state index in [-0.39, 0.29) is 0 Å². The van der Waals surface area contributed by atoms with Crippen molar-refractivity contribution in [2.75, 3.05) is 6.61 Å². The van der Waals surface area contributed by atoms with Gasteiger partial charge < -0.3 is 10.1 Å². The van der Waals surface area contributed by atoms with Gasteiger partial charge in [-0.1, -0.05) is 63.6 Å². The molecule has 1 fully saturated rings. The summed E-state index contributed by atoms with van der Waals surface area (Å²) in [6.45, 7) is 4.05. The van der Waals surface area contributed by atoms with Crippen molar-refractivity contribution in [3.8, 4) is 5.75 Å². The van der Waals surface area contributed by atoms with Gasteiger partial charge in [-0.25, -0.2) is 0 Å². The van der Waals surface area contributed by atoms with Gasteiger partial charge in [0.15, 0.2) is 0 Å². The number of ether oxygens (including phenoxy) is 1. The van der Waals surface area contributed by atoms with E-state index in [9.17, 15) is 0 Å². The van der Waals surface area contributed by atoms with Crippen LogP contribution in [0.5, 0.6) is 5.75 Å². The Morgan fingerprint density at radius 3 is 2.62 bits per heavy atom. The van der Waals surface area contributed by atoms with Crippen LogP contribution in [0.1, 0.15) is 70.3 Å². The molecule has 1 aliphatic carbocycles. The van der Waals surface area contributed by atoms with Crippen molar-refractivity contribution in [2.45, 2.75) is 77.3 Å². The highest BCUT2D eigenvalue weighted by molar-refractivity contribution is 5.33. The summed E-state index contributed by atoms with van der Waals surface area (Å²) < 4.78 is 5.99. The molecule has 0 bridgehead atoms. The number of benzene rings is 1. The predicted molar refractivity (Wildman–Crippen MR) is 89.8 cm³/mol. The Balaban J connectivity index is 1.71. The quantitative estimate of drug-likeness (QED) is 0.607. The average Bonchev–Trinajstić information content (AvgIpc) is 3.03. The Bertz CT molecular complexity index is 385. The number of hydrogen-bond acceptors (Lipinski definition) is 2. The van der Waals surface area contributed by atoms with Crippen LogP contribution in [0.2, 0.25) is 0 Å². The van der Waals surface area contributed by atoms with Crippen molar-refractivity contribution in [1.29, 1.82) is 0 Å². The fourth-order valence-corrected chi connectivity index (χ4v) is 3.06. The first-order chi connectivity index (χ1) is 10.4. The first kappa shape index (κ1) is 16.4. The maximum Gasteiger partial charge on any atom is 0.123 e. The molecule has 0 aliphatic heterocycles. The summed E-state index contributed by atoms with van der Waals surface area (Å²) in [7, 11) is 0. The van der Waals surface area contributed by atoms with E-state index < -0.39 is 0 Å². The van der Waals surface area contributed by atoms with Gasteiger partial charge in [-0.05, 0) is 25.3 Å². The standard InChI is InChI=1S/C19H31NO/c1-2-3-4-5-10-15-21-19-14-9-6-11-17(19)16-20-18-12-7-8-13-18/h6,9,11,14,18,20H,2-5,7-8,10,12-13,15-16H2,1H3. The molecule has 0 unspecified atom stereocenters. The van der Waals surface area contributed by atoms with E-state index in [1.54, 1.807) is 0 Å². The van der Waals surface area contributed by atoms with Gasteiger partial charge in [0.25, 0.3) is 0 Å². The molecule has 0 saturated heterocycles. The maximum absolute atomic E-state index is 5.99. The summed E-state index contributed by atoms with van der Waals surface area (Å²) in [5, 5.41) is 3.68. The van der Waals surface area contributed by atoms with Crippen molar-refractivity contribution in [3.63, 3.8) is 0 Å². The van der Waals surface area contributed by atoms with E-state index in [0.29, 0.717) is 6.04 Å². The van der Waals surface area contributed by atoms with Gasteiger partial charge in [0.05, 0.1) is 6.61 Å². The molecule has 0 spiro atoms.